The smallest absolute Gasteiger partial charge is 0.136 e. The van der Waals surface area contributed by atoms with Crippen molar-refractivity contribution in [3.63, 3.8) is 0 Å². The molecule has 0 amide bonds. The van der Waals surface area contributed by atoms with Gasteiger partial charge in [-0.05, 0) is 38.0 Å². The Kier molecular flexibility index (Phi) is 4.95. The Labute approximate surface area is 128 Å². The maximum atomic E-state index is 4.41. The van der Waals surface area contributed by atoms with E-state index in [9.17, 15) is 0 Å². The number of halogens is 1. The highest BCUT2D eigenvalue weighted by molar-refractivity contribution is 9.10. The van der Waals surface area contributed by atoms with E-state index in [4.69, 9.17) is 0 Å². The summed E-state index contributed by atoms with van der Waals surface area (Å²) in [5, 5.41) is 6.59. The lowest BCUT2D eigenvalue weighted by Crippen LogP contribution is -2.05. The van der Waals surface area contributed by atoms with Gasteiger partial charge < -0.3 is 10.6 Å². The van der Waals surface area contributed by atoms with Crippen molar-refractivity contribution >= 4 is 33.3 Å². The number of hydrogen-bond acceptors (Lipinski definition) is 4. The van der Waals surface area contributed by atoms with E-state index in [0.29, 0.717) is 0 Å². The Bertz CT molecular complexity index is 598. The second-order valence-electron chi connectivity index (χ2n) is 4.70. The van der Waals surface area contributed by atoms with Crippen molar-refractivity contribution in [3.8, 4) is 0 Å². The fraction of sp³-hybridized carbons (Fsp3) is 0.333. The van der Waals surface area contributed by atoms with Crippen LogP contribution in [0.4, 0.5) is 17.3 Å². The molecule has 0 aliphatic rings. The average Bonchev–Trinajstić information content (AvgIpc) is 2.40. The van der Waals surface area contributed by atoms with Crippen LogP contribution in [0.5, 0.6) is 0 Å². The number of rotatable bonds is 5. The van der Waals surface area contributed by atoms with Gasteiger partial charge in [0.25, 0.3) is 0 Å². The fourth-order valence-corrected chi connectivity index (χ4v) is 2.17. The van der Waals surface area contributed by atoms with E-state index in [-0.39, 0.29) is 0 Å². The van der Waals surface area contributed by atoms with Gasteiger partial charge in [-0.1, -0.05) is 28.9 Å². The molecule has 0 fully saturated rings. The van der Waals surface area contributed by atoms with Gasteiger partial charge in [0, 0.05) is 22.8 Å². The lowest BCUT2D eigenvalue weighted by atomic mass is 10.2. The van der Waals surface area contributed by atoms with Crippen LogP contribution in [0.3, 0.4) is 0 Å². The van der Waals surface area contributed by atoms with Crippen LogP contribution in [0, 0.1) is 13.8 Å². The van der Waals surface area contributed by atoms with Crippen LogP contribution in [0.2, 0.25) is 0 Å². The lowest BCUT2D eigenvalue weighted by molar-refractivity contribution is 0.955. The van der Waals surface area contributed by atoms with E-state index in [1.54, 1.807) is 0 Å². The molecular formula is C15H19BrN4. The Morgan fingerprint density at radius 2 is 1.85 bits per heavy atom. The van der Waals surface area contributed by atoms with Gasteiger partial charge in [0.1, 0.15) is 17.5 Å². The van der Waals surface area contributed by atoms with Crippen molar-refractivity contribution in [1.29, 1.82) is 0 Å². The zero-order valence-corrected chi connectivity index (χ0v) is 13.6. The van der Waals surface area contributed by atoms with Gasteiger partial charge >= 0.3 is 0 Å². The first kappa shape index (κ1) is 14.8. The van der Waals surface area contributed by atoms with E-state index < -0.39 is 0 Å². The summed E-state index contributed by atoms with van der Waals surface area (Å²) in [6.07, 6.45) is 1.07. The largest absolute Gasteiger partial charge is 0.370 e. The van der Waals surface area contributed by atoms with Crippen LogP contribution in [0.1, 0.15) is 24.7 Å². The van der Waals surface area contributed by atoms with Gasteiger partial charge in [-0.2, -0.15) is 0 Å². The van der Waals surface area contributed by atoms with E-state index in [0.717, 1.165) is 40.6 Å². The van der Waals surface area contributed by atoms with E-state index in [1.807, 2.05) is 25.1 Å². The Morgan fingerprint density at radius 1 is 1.10 bits per heavy atom. The third-order valence-electron chi connectivity index (χ3n) is 2.84. The molecule has 20 heavy (non-hydrogen) atoms. The standard InChI is InChI=1S/C15H19BrN4/c1-4-7-17-14-9-15(19-11(3)18-14)20-12-6-5-10(2)13(16)8-12/h5-6,8-9H,4,7H2,1-3H3,(H2,17,18,19,20). The Balaban J connectivity index is 2.19. The normalized spacial score (nSPS) is 10.4. The molecule has 0 atom stereocenters. The summed E-state index contributed by atoms with van der Waals surface area (Å²) in [6.45, 7) is 7.00. The molecule has 0 aliphatic heterocycles. The van der Waals surface area contributed by atoms with Crippen LogP contribution < -0.4 is 10.6 Å². The SMILES string of the molecule is CCCNc1cc(Nc2ccc(C)c(Br)c2)nc(C)n1. The second-order valence-corrected chi connectivity index (χ2v) is 5.56. The monoisotopic (exact) mass is 334 g/mol. The Morgan fingerprint density at radius 3 is 2.55 bits per heavy atom. The van der Waals surface area contributed by atoms with Crippen molar-refractivity contribution in [3.05, 3.63) is 40.1 Å². The number of aromatic nitrogens is 2. The summed E-state index contributed by atoms with van der Waals surface area (Å²) in [5.74, 6) is 2.40. The highest BCUT2D eigenvalue weighted by Crippen LogP contribution is 2.23. The fourth-order valence-electron chi connectivity index (χ4n) is 1.79. The van der Waals surface area contributed by atoms with Crippen LogP contribution in [0.25, 0.3) is 0 Å². The molecule has 2 rings (SSSR count). The summed E-state index contributed by atoms with van der Waals surface area (Å²) in [7, 11) is 0. The maximum Gasteiger partial charge on any atom is 0.136 e. The zero-order valence-electron chi connectivity index (χ0n) is 12.0. The molecule has 2 N–H and O–H groups in total. The molecule has 0 aliphatic carbocycles. The van der Waals surface area contributed by atoms with Gasteiger partial charge in [0.2, 0.25) is 0 Å². The highest BCUT2D eigenvalue weighted by Gasteiger charge is 2.03. The molecule has 1 heterocycles. The first-order valence-corrected chi connectivity index (χ1v) is 7.50. The van der Waals surface area contributed by atoms with Gasteiger partial charge in [-0.15, -0.1) is 0 Å². The number of hydrogen-bond donors (Lipinski definition) is 2. The van der Waals surface area contributed by atoms with E-state index in [2.05, 4.69) is 56.4 Å². The quantitative estimate of drug-likeness (QED) is 0.849. The topological polar surface area (TPSA) is 49.8 Å². The van der Waals surface area contributed by atoms with Gasteiger partial charge in [0.05, 0.1) is 0 Å². The predicted octanol–water partition coefficient (Wildman–Crippen LogP) is 4.42. The van der Waals surface area contributed by atoms with Gasteiger partial charge in [-0.3, -0.25) is 0 Å². The average molecular weight is 335 g/mol. The Hall–Kier alpha value is -1.62. The van der Waals surface area contributed by atoms with E-state index in [1.165, 1.54) is 5.56 Å². The molecule has 1 aromatic carbocycles. The number of anilines is 3. The van der Waals surface area contributed by atoms with Crippen molar-refractivity contribution in [2.45, 2.75) is 27.2 Å². The molecule has 0 bridgehead atoms. The molecule has 4 nitrogen and oxygen atoms in total. The zero-order chi connectivity index (χ0) is 14.5. The molecule has 0 unspecified atom stereocenters. The lowest BCUT2D eigenvalue weighted by Gasteiger charge is -2.10. The molecule has 5 heteroatoms. The molecule has 106 valence electrons. The van der Waals surface area contributed by atoms with Gasteiger partial charge in [0.15, 0.2) is 0 Å². The molecule has 0 saturated carbocycles. The van der Waals surface area contributed by atoms with Crippen LogP contribution in [-0.4, -0.2) is 16.5 Å². The summed E-state index contributed by atoms with van der Waals surface area (Å²) >= 11 is 3.54. The molecule has 1 aromatic heterocycles. The minimum Gasteiger partial charge on any atom is -0.370 e. The number of benzene rings is 1. The van der Waals surface area contributed by atoms with Crippen LogP contribution in [0.15, 0.2) is 28.7 Å². The third-order valence-corrected chi connectivity index (χ3v) is 3.69. The van der Waals surface area contributed by atoms with Crippen LogP contribution in [-0.2, 0) is 0 Å². The van der Waals surface area contributed by atoms with Gasteiger partial charge in [-0.25, -0.2) is 9.97 Å². The molecule has 0 spiro atoms. The summed E-state index contributed by atoms with van der Waals surface area (Å²) < 4.78 is 1.08. The minimum absolute atomic E-state index is 0.750. The molecule has 0 radical (unpaired) electrons. The highest BCUT2D eigenvalue weighted by atomic mass is 79.9. The summed E-state index contributed by atoms with van der Waals surface area (Å²) in [4.78, 5) is 8.78. The predicted molar refractivity (Wildman–Crippen MR) is 87.7 cm³/mol. The summed E-state index contributed by atoms with van der Waals surface area (Å²) in [6, 6.07) is 8.08. The molecule has 0 saturated heterocycles. The minimum atomic E-state index is 0.750. The number of nitrogens with zero attached hydrogens (tertiary/aromatic N) is 2. The van der Waals surface area contributed by atoms with Crippen molar-refractivity contribution in [1.82, 2.24) is 9.97 Å². The molecule has 2 aromatic rings. The van der Waals surface area contributed by atoms with Crippen molar-refractivity contribution in [2.75, 3.05) is 17.2 Å². The van der Waals surface area contributed by atoms with Crippen LogP contribution >= 0.6 is 15.9 Å². The number of aryl methyl sites for hydroxylation is 2. The van der Waals surface area contributed by atoms with E-state index >= 15 is 0 Å². The van der Waals surface area contributed by atoms with Crippen molar-refractivity contribution in [2.24, 2.45) is 0 Å². The summed E-state index contributed by atoms with van der Waals surface area (Å²) in [5.41, 5.74) is 2.21. The third kappa shape index (κ3) is 3.93. The van der Waals surface area contributed by atoms with Crippen molar-refractivity contribution < 1.29 is 0 Å². The number of nitrogens with one attached hydrogen (secondary N) is 2. The first-order valence-electron chi connectivity index (χ1n) is 6.71. The first-order chi connectivity index (χ1) is 9.58. The molecular weight excluding hydrogens is 316 g/mol. The second kappa shape index (κ2) is 6.70. The maximum absolute atomic E-state index is 4.41.